The maximum absolute atomic E-state index is 6.11. The second-order valence-electron chi connectivity index (χ2n) is 3.56. The SMILES string of the molecule is [CH2]c1ccccc1Nc1c([CH2])cccc1Cl. The Labute approximate surface area is 101 Å². The molecule has 0 aromatic heterocycles. The van der Waals surface area contributed by atoms with Crippen molar-refractivity contribution >= 4 is 23.0 Å². The number of hydrogen-bond donors (Lipinski definition) is 1. The zero-order chi connectivity index (χ0) is 11.5. The van der Waals surface area contributed by atoms with Crippen LogP contribution in [0.1, 0.15) is 11.1 Å². The lowest BCUT2D eigenvalue weighted by molar-refractivity contribution is 1.48. The molecule has 0 amide bonds. The minimum absolute atomic E-state index is 0.663. The number of benzene rings is 2. The van der Waals surface area contributed by atoms with Crippen molar-refractivity contribution in [1.29, 1.82) is 0 Å². The van der Waals surface area contributed by atoms with Crippen LogP contribution in [-0.2, 0) is 0 Å². The third kappa shape index (κ3) is 2.20. The van der Waals surface area contributed by atoms with Gasteiger partial charge < -0.3 is 5.32 Å². The molecular formula is C14H12ClN. The average molecular weight is 230 g/mol. The van der Waals surface area contributed by atoms with Crippen LogP contribution < -0.4 is 5.32 Å². The number of hydrogen-bond acceptors (Lipinski definition) is 1. The highest BCUT2D eigenvalue weighted by Gasteiger charge is 2.04. The molecule has 0 fully saturated rings. The van der Waals surface area contributed by atoms with E-state index < -0.39 is 0 Å². The molecule has 0 atom stereocenters. The lowest BCUT2D eigenvalue weighted by Crippen LogP contribution is -1.95. The Morgan fingerprint density at radius 1 is 0.875 bits per heavy atom. The van der Waals surface area contributed by atoms with Crippen molar-refractivity contribution in [3.63, 3.8) is 0 Å². The summed E-state index contributed by atoms with van der Waals surface area (Å²) in [7, 11) is 0. The fourth-order valence-electron chi connectivity index (χ4n) is 1.49. The summed E-state index contributed by atoms with van der Waals surface area (Å²) >= 11 is 6.11. The highest BCUT2D eigenvalue weighted by atomic mass is 35.5. The van der Waals surface area contributed by atoms with Crippen LogP contribution in [0.5, 0.6) is 0 Å². The van der Waals surface area contributed by atoms with Crippen LogP contribution in [-0.4, -0.2) is 0 Å². The summed E-state index contributed by atoms with van der Waals surface area (Å²) in [4.78, 5) is 0. The van der Waals surface area contributed by atoms with Gasteiger partial charge in [-0.2, -0.15) is 0 Å². The fourth-order valence-corrected chi connectivity index (χ4v) is 1.73. The van der Waals surface area contributed by atoms with Gasteiger partial charge in [-0.15, -0.1) is 0 Å². The second-order valence-corrected chi connectivity index (χ2v) is 3.96. The van der Waals surface area contributed by atoms with E-state index in [0.717, 1.165) is 22.5 Å². The molecule has 0 aliphatic rings. The molecule has 0 aliphatic carbocycles. The minimum Gasteiger partial charge on any atom is -0.354 e. The summed E-state index contributed by atoms with van der Waals surface area (Å²) in [6.07, 6.45) is 0. The molecule has 0 aliphatic heterocycles. The summed E-state index contributed by atoms with van der Waals surface area (Å²) in [5.41, 5.74) is 3.58. The second kappa shape index (κ2) is 4.58. The zero-order valence-electron chi connectivity index (χ0n) is 8.83. The Bertz CT molecular complexity index is 486. The molecule has 16 heavy (non-hydrogen) atoms. The van der Waals surface area contributed by atoms with Gasteiger partial charge in [0.05, 0.1) is 10.7 Å². The standard InChI is InChI=1S/C14H12ClN/c1-10-6-3-4-9-13(10)16-14-11(2)7-5-8-12(14)15/h3-9,16H,1-2H2. The largest absolute Gasteiger partial charge is 0.354 e. The molecule has 1 nitrogen and oxygen atoms in total. The monoisotopic (exact) mass is 229 g/mol. The average Bonchev–Trinajstić information content (AvgIpc) is 2.26. The Hall–Kier alpha value is -1.47. The fraction of sp³-hybridized carbons (Fsp3) is 0. The topological polar surface area (TPSA) is 12.0 Å². The van der Waals surface area contributed by atoms with Crippen molar-refractivity contribution in [2.24, 2.45) is 0 Å². The molecule has 2 aromatic carbocycles. The number of nitrogens with one attached hydrogen (secondary N) is 1. The van der Waals surface area contributed by atoms with E-state index in [-0.39, 0.29) is 0 Å². The lowest BCUT2D eigenvalue weighted by atomic mass is 10.1. The molecule has 1 N–H and O–H groups in total. The van der Waals surface area contributed by atoms with Gasteiger partial charge in [-0.25, -0.2) is 0 Å². The van der Waals surface area contributed by atoms with E-state index in [1.807, 2.05) is 42.5 Å². The van der Waals surface area contributed by atoms with Crippen LogP contribution in [0.15, 0.2) is 42.5 Å². The number of rotatable bonds is 2. The van der Waals surface area contributed by atoms with Crippen molar-refractivity contribution in [3.8, 4) is 0 Å². The lowest BCUT2D eigenvalue weighted by Gasteiger charge is -2.13. The van der Waals surface area contributed by atoms with Gasteiger partial charge in [0.2, 0.25) is 0 Å². The van der Waals surface area contributed by atoms with Crippen molar-refractivity contribution < 1.29 is 0 Å². The molecule has 80 valence electrons. The highest BCUT2D eigenvalue weighted by Crippen LogP contribution is 2.29. The van der Waals surface area contributed by atoms with Crippen LogP contribution in [0.3, 0.4) is 0 Å². The molecule has 2 radical (unpaired) electrons. The first-order valence-electron chi connectivity index (χ1n) is 4.97. The molecule has 2 aromatic rings. The summed E-state index contributed by atoms with van der Waals surface area (Å²) in [5.74, 6) is 0. The van der Waals surface area contributed by atoms with E-state index in [4.69, 9.17) is 11.6 Å². The van der Waals surface area contributed by atoms with E-state index >= 15 is 0 Å². The molecule has 0 saturated carbocycles. The highest BCUT2D eigenvalue weighted by molar-refractivity contribution is 6.33. The smallest absolute Gasteiger partial charge is 0.0643 e. The summed E-state index contributed by atoms with van der Waals surface area (Å²) in [5, 5.41) is 3.91. The van der Waals surface area contributed by atoms with Crippen molar-refractivity contribution in [2.45, 2.75) is 0 Å². The first-order chi connectivity index (χ1) is 7.68. The van der Waals surface area contributed by atoms with Gasteiger partial charge in [0.25, 0.3) is 0 Å². The van der Waals surface area contributed by atoms with Crippen molar-refractivity contribution in [3.05, 3.63) is 72.5 Å². The van der Waals surface area contributed by atoms with E-state index in [1.54, 1.807) is 0 Å². The van der Waals surface area contributed by atoms with Crippen LogP contribution in [0.25, 0.3) is 0 Å². The Kier molecular flexibility index (Phi) is 3.16. The molecule has 0 spiro atoms. The van der Waals surface area contributed by atoms with E-state index in [2.05, 4.69) is 19.2 Å². The molecule has 0 unspecified atom stereocenters. The Morgan fingerprint density at radius 2 is 1.56 bits per heavy atom. The van der Waals surface area contributed by atoms with Crippen LogP contribution in [0.4, 0.5) is 11.4 Å². The minimum atomic E-state index is 0.663. The molecule has 2 rings (SSSR count). The van der Waals surface area contributed by atoms with Crippen molar-refractivity contribution in [2.75, 3.05) is 5.32 Å². The van der Waals surface area contributed by atoms with Gasteiger partial charge >= 0.3 is 0 Å². The third-order valence-electron chi connectivity index (χ3n) is 2.38. The van der Waals surface area contributed by atoms with Crippen LogP contribution in [0, 0.1) is 13.8 Å². The van der Waals surface area contributed by atoms with Crippen molar-refractivity contribution in [1.82, 2.24) is 0 Å². The Balaban J connectivity index is 2.38. The van der Waals surface area contributed by atoms with E-state index in [0.29, 0.717) is 5.02 Å². The maximum Gasteiger partial charge on any atom is 0.0643 e. The number of anilines is 2. The zero-order valence-corrected chi connectivity index (χ0v) is 9.59. The summed E-state index contributed by atoms with van der Waals surface area (Å²) < 4.78 is 0. The van der Waals surface area contributed by atoms with Gasteiger partial charge in [-0.1, -0.05) is 41.9 Å². The molecule has 0 heterocycles. The van der Waals surface area contributed by atoms with Crippen LogP contribution in [0.2, 0.25) is 5.02 Å². The quantitative estimate of drug-likeness (QED) is 0.803. The first-order valence-corrected chi connectivity index (χ1v) is 5.35. The predicted molar refractivity (Wildman–Crippen MR) is 70.1 cm³/mol. The molecule has 0 saturated heterocycles. The number of halogens is 1. The third-order valence-corrected chi connectivity index (χ3v) is 2.69. The van der Waals surface area contributed by atoms with Gasteiger partial charge in [0.15, 0.2) is 0 Å². The van der Waals surface area contributed by atoms with Gasteiger partial charge in [-0.3, -0.25) is 0 Å². The summed E-state index contributed by atoms with van der Waals surface area (Å²) in [6.45, 7) is 7.89. The molecule has 2 heteroatoms. The van der Waals surface area contributed by atoms with Gasteiger partial charge in [-0.05, 0) is 37.1 Å². The van der Waals surface area contributed by atoms with Gasteiger partial charge in [0, 0.05) is 5.69 Å². The predicted octanol–water partition coefficient (Wildman–Crippen LogP) is 4.45. The van der Waals surface area contributed by atoms with E-state index in [1.165, 1.54) is 0 Å². The molecule has 0 bridgehead atoms. The number of para-hydroxylation sites is 2. The summed E-state index contributed by atoms with van der Waals surface area (Å²) in [6, 6.07) is 13.4. The Morgan fingerprint density at radius 3 is 2.25 bits per heavy atom. The van der Waals surface area contributed by atoms with Crippen LogP contribution >= 0.6 is 11.6 Å². The van der Waals surface area contributed by atoms with E-state index in [9.17, 15) is 0 Å². The van der Waals surface area contributed by atoms with Gasteiger partial charge in [0.1, 0.15) is 0 Å². The normalized spacial score (nSPS) is 10.2. The first kappa shape index (κ1) is 11.0. The maximum atomic E-state index is 6.11. The molecular weight excluding hydrogens is 218 g/mol.